The lowest BCUT2D eigenvalue weighted by Gasteiger charge is -2.20. The molecule has 6 heteroatoms. The van der Waals surface area contributed by atoms with Crippen LogP contribution in [0, 0.1) is 0 Å². The number of anilines is 1. The molecule has 1 N–H and O–H groups in total. The summed E-state index contributed by atoms with van der Waals surface area (Å²) in [5.41, 5.74) is 3.23. The molecule has 0 radical (unpaired) electrons. The molecule has 0 aliphatic carbocycles. The topological polar surface area (TPSA) is 68.2 Å². The molecular formula is C29H27NO5. The number of rotatable bonds is 10. The van der Waals surface area contributed by atoms with E-state index in [1.54, 1.807) is 12.1 Å². The third kappa shape index (κ3) is 6.62. The van der Waals surface area contributed by atoms with Gasteiger partial charge in [-0.1, -0.05) is 91.0 Å². The highest BCUT2D eigenvalue weighted by molar-refractivity contribution is 5.96. The van der Waals surface area contributed by atoms with E-state index in [0.717, 1.165) is 21.8 Å². The van der Waals surface area contributed by atoms with Crippen molar-refractivity contribution in [1.82, 2.24) is 0 Å². The fourth-order valence-corrected chi connectivity index (χ4v) is 3.48. The van der Waals surface area contributed by atoms with Gasteiger partial charge in [-0.25, -0.2) is 4.79 Å². The molecule has 0 saturated carbocycles. The highest BCUT2D eigenvalue weighted by atomic mass is 16.5. The number of carbonyl (C=O) groups excluding carboxylic acids is 1. The Balaban J connectivity index is 1.61. The highest BCUT2D eigenvalue weighted by Crippen LogP contribution is 2.36. The Labute approximate surface area is 204 Å². The molecule has 0 bridgehead atoms. The largest absolute Gasteiger partial charge is 0.485 e. The van der Waals surface area contributed by atoms with Crippen LogP contribution in [0.4, 0.5) is 5.69 Å². The number of hydrogen-bond acceptors (Lipinski definition) is 6. The molecule has 35 heavy (non-hydrogen) atoms. The fraction of sp³-hybridized carbons (Fsp3) is 0.138. The SMILES string of the molecule is CN(O)c1cc(OCc2ccccc2)c(OCc2ccccc2)cc1C(=O)OCc1ccccc1. The second-order valence-corrected chi connectivity index (χ2v) is 7.95. The summed E-state index contributed by atoms with van der Waals surface area (Å²) in [6.07, 6.45) is 0. The smallest absolute Gasteiger partial charge is 0.340 e. The minimum atomic E-state index is -0.580. The van der Waals surface area contributed by atoms with E-state index >= 15 is 0 Å². The summed E-state index contributed by atoms with van der Waals surface area (Å²) < 4.78 is 17.6. The molecule has 0 aliphatic rings. The maximum Gasteiger partial charge on any atom is 0.340 e. The maximum atomic E-state index is 13.0. The number of carbonyl (C=O) groups is 1. The zero-order valence-corrected chi connectivity index (χ0v) is 19.5. The molecule has 0 amide bonds. The molecule has 0 aliphatic heterocycles. The van der Waals surface area contributed by atoms with Gasteiger partial charge in [-0.15, -0.1) is 0 Å². The summed E-state index contributed by atoms with van der Waals surface area (Å²) in [6, 6.07) is 32.0. The van der Waals surface area contributed by atoms with E-state index in [2.05, 4.69) is 0 Å². The molecule has 4 aromatic carbocycles. The van der Waals surface area contributed by atoms with Crippen LogP contribution in [0.3, 0.4) is 0 Å². The number of nitrogens with zero attached hydrogens (tertiary/aromatic N) is 1. The Kier molecular flexibility index (Phi) is 7.99. The molecule has 0 unspecified atom stereocenters. The third-order valence-corrected chi connectivity index (χ3v) is 5.32. The minimum absolute atomic E-state index is 0.112. The molecule has 178 valence electrons. The summed E-state index contributed by atoms with van der Waals surface area (Å²) in [7, 11) is 1.44. The van der Waals surface area contributed by atoms with Crippen molar-refractivity contribution < 1.29 is 24.2 Å². The monoisotopic (exact) mass is 469 g/mol. The average Bonchev–Trinajstić information content (AvgIpc) is 2.91. The zero-order valence-electron chi connectivity index (χ0n) is 19.5. The van der Waals surface area contributed by atoms with Gasteiger partial charge >= 0.3 is 5.97 Å². The van der Waals surface area contributed by atoms with Crippen LogP contribution in [0.2, 0.25) is 0 Å². The second-order valence-electron chi connectivity index (χ2n) is 7.95. The van der Waals surface area contributed by atoms with Crippen molar-refractivity contribution in [3.05, 3.63) is 125 Å². The van der Waals surface area contributed by atoms with Gasteiger partial charge in [0.15, 0.2) is 11.5 Å². The standard InChI is InChI=1S/C29H27NO5/c1-30(32)26-18-28(34-20-23-13-7-3-8-14-23)27(33-19-22-11-5-2-6-12-22)17-25(26)29(31)35-21-24-15-9-4-10-16-24/h2-18,32H,19-21H2,1H3. The lowest BCUT2D eigenvalue weighted by atomic mass is 10.1. The molecule has 4 aromatic rings. The van der Waals surface area contributed by atoms with Gasteiger partial charge in [0.1, 0.15) is 19.8 Å². The molecule has 0 heterocycles. The molecule has 0 aromatic heterocycles. The molecule has 0 atom stereocenters. The predicted molar refractivity (Wildman–Crippen MR) is 134 cm³/mol. The first-order chi connectivity index (χ1) is 17.1. The Morgan fingerprint density at radius 2 is 1.11 bits per heavy atom. The van der Waals surface area contributed by atoms with E-state index in [1.807, 2.05) is 91.0 Å². The Hall–Kier alpha value is -4.29. The van der Waals surface area contributed by atoms with E-state index in [9.17, 15) is 10.0 Å². The summed E-state index contributed by atoms with van der Waals surface area (Å²) in [5.74, 6) is 0.200. The molecule has 4 rings (SSSR count). The highest BCUT2D eigenvalue weighted by Gasteiger charge is 2.21. The average molecular weight is 470 g/mol. The first kappa shape index (κ1) is 23.9. The molecular weight excluding hydrogens is 442 g/mol. The van der Waals surface area contributed by atoms with Crippen LogP contribution in [0.5, 0.6) is 11.5 Å². The molecule has 0 saturated heterocycles. The van der Waals surface area contributed by atoms with E-state index in [-0.39, 0.29) is 24.5 Å². The summed E-state index contributed by atoms with van der Waals surface area (Å²) >= 11 is 0. The number of ether oxygens (including phenoxy) is 3. The van der Waals surface area contributed by atoms with Crippen molar-refractivity contribution in [2.75, 3.05) is 12.1 Å². The number of hydrogen-bond donors (Lipinski definition) is 1. The van der Waals surface area contributed by atoms with Gasteiger partial charge in [0.25, 0.3) is 0 Å². The first-order valence-corrected chi connectivity index (χ1v) is 11.3. The predicted octanol–water partition coefficient (Wildman–Crippen LogP) is 6.03. The number of esters is 1. The van der Waals surface area contributed by atoms with Gasteiger partial charge in [-0.05, 0) is 16.7 Å². The lowest BCUT2D eigenvalue weighted by molar-refractivity contribution is 0.0471. The third-order valence-electron chi connectivity index (χ3n) is 5.32. The van der Waals surface area contributed by atoms with E-state index in [0.29, 0.717) is 18.1 Å². The van der Waals surface area contributed by atoms with E-state index < -0.39 is 5.97 Å². The Morgan fingerprint density at radius 1 is 0.686 bits per heavy atom. The fourth-order valence-electron chi connectivity index (χ4n) is 3.48. The van der Waals surface area contributed by atoms with Gasteiger partial charge in [0.05, 0.1) is 11.3 Å². The van der Waals surface area contributed by atoms with Crippen LogP contribution >= 0.6 is 0 Å². The van der Waals surface area contributed by atoms with Crippen LogP contribution in [0.1, 0.15) is 27.0 Å². The van der Waals surface area contributed by atoms with Gasteiger partial charge in [-0.2, -0.15) is 0 Å². The summed E-state index contributed by atoms with van der Waals surface area (Å²) in [5, 5.41) is 11.1. The van der Waals surface area contributed by atoms with E-state index in [4.69, 9.17) is 14.2 Å². The molecule has 0 spiro atoms. The van der Waals surface area contributed by atoms with Crippen molar-refractivity contribution in [1.29, 1.82) is 0 Å². The number of benzene rings is 4. The van der Waals surface area contributed by atoms with Crippen molar-refractivity contribution >= 4 is 11.7 Å². The van der Waals surface area contributed by atoms with Crippen LogP contribution < -0.4 is 14.5 Å². The van der Waals surface area contributed by atoms with Crippen LogP contribution in [-0.4, -0.2) is 18.2 Å². The molecule has 6 nitrogen and oxygen atoms in total. The van der Waals surface area contributed by atoms with Gasteiger partial charge in [0, 0.05) is 19.2 Å². The van der Waals surface area contributed by atoms with E-state index in [1.165, 1.54) is 7.05 Å². The van der Waals surface area contributed by atoms with Crippen molar-refractivity contribution in [3.8, 4) is 11.5 Å². The van der Waals surface area contributed by atoms with Crippen molar-refractivity contribution in [2.45, 2.75) is 19.8 Å². The van der Waals surface area contributed by atoms with Gasteiger partial charge in [-0.3, -0.25) is 10.3 Å². The van der Waals surface area contributed by atoms with Gasteiger partial charge in [0.2, 0.25) is 0 Å². The number of hydroxylamine groups is 1. The van der Waals surface area contributed by atoms with Gasteiger partial charge < -0.3 is 14.2 Å². The lowest BCUT2D eigenvalue weighted by Crippen LogP contribution is -2.17. The Morgan fingerprint density at radius 3 is 1.57 bits per heavy atom. The summed E-state index contributed by atoms with van der Waals surface area (Å²) in [4.78, 5) is 13.0. The first-order valence-electron chi connectivity index (χ1n) is 11.3. The molecule has 0 fully saturated rings. The van der Waals surface area contributed by atoms with Crippen LogP contribution in [0.15, 0.2) is 103 Å². The van der Waals surface area contributed by atoms with Crippen LogP contribution in [-0.2, 0) is 24.6 Å². The zero-order chi connectivity index (χ0) is 24.5. The second kappa shape index (κ2) is 11.7. The minimum Gasteiger partial charge on any atom is -0.485 e. The van der Waals surface area contributed by atoms with Crippen LogP contribution in [0.25, 0.3) is 0 Å². The normalized spacial score (nSPS) is 10.5. The van der Waals surface area contributed by atoms with Crippen molar-refractivity contribution in [3.63, 3.8) is 0 Å². The quantitative estimate of drug-likeness (QED) is 0.226. The Bertz CT molecular complexity index is 1230. The summed E-state index contributed by atoms with van der Waals surface area (Å²) in [6.45, 7) is 0.699. The van der Waals surface area contributed by atoms with Crippen molar-refractivity contribution in [2.24, 2.45) is 0 Å². The maximum absolute atomic E-state index is 13.0.